The molecule has 0 radical (unpaired) electrons. The van der Waals surface area contributed by atoms with Crippen LogP contribution in [0.25, 0.3) is 0 Å². The number of carbonyl (C=O) groups excluding carboxylic acids is 1. The highest BCUT2D eigenvalue weighted by atomic mass is 16.2. The SMILES string of the molecule is CC(C)C(C(=O)N1CCC(CN)CC1)N(C)C. The van der Waals surface area contributed by atoms with Crippen LogP contribution in [0.3, 0.4) is 0 Å². The van der Waals surface area contributed by atoms with Crippen LogP contribution in [0.4, 0.5) is 0 Å². The normalized spacial score (nSPS) is 20.1. The van der Waals surface area contributed by atoms with Gasteiger partial charge in [0.25, 0.3) is 0 Å². The minimum absolute atomic E-state index is 0.00410. The van der Waals surface area contributed by atoms with Crippen molar-refractivity contribution in [3.63, 3.8) is 0 Å². The molecular formula is C13H27N3O. The summed E-state index contributed by atoms with van der Waals surface area (Å²) < 4.78 is 0. The van der Waals surface area contributed by atoms with Crippen molar-refractivity contribution in [2.45, 2.75) is 32.7 Å². The number of rotatable bonds is 4. The van der Waals surface area contributed by atoms with Gasteiger partial charge in [0, 0.05) is 13.1 Å². The number of hydrogen-bond donors (Lipinski definition) is 1. The molecule has 0 bridgehead atoms. The summed E-state index contributed by atoms with van der Waals surface area (Å²) in [5, 5.41) is 0. The fourth-order valence-corrected chi connectivity index (χ4v) is 2.68. The molecule has 0 aromatic heterocycles. The van der Waals surface area contributed by atoms with Crippen LogP contribution in [0.5, 0.6) is 0 Å². The molecule has 1 aliphatic rings. The van der Waals surface area contributed by atoms with Gasteiger partial charge < -0.3 is 10.6 Å². The van der Waals surface area contributed by atoms with Crippen molar-refractivity contribution in [3.8, 4) is 0 Å². The lowest BCUT2D eigenvalue weighted by atomic mass is 9.95. The monoisotopic (exact) mass is 241 g/mol. The van der Waals surface area contributed by atoms with Crippen LogP contribution in [-0.4, -0.2) is 55.5 Å². The van der Waals surface area contributed by atoms with Gasteiger partial charge in [0.2, 0.25) is 5.91 Å². The van der Waals surface area contributed by atoms with Crippen LogP contribution in [0.2, 0.25) is 0 Å². The van der Waals surface area contributed by atoms with Crippen molar-refractivity contribution in [1.82, 2.24) is 9.80 Å². The summed E-state index contributed by atoms with van der Waals surface area (Å²) in [7, 11) is 3.96. The van der Waals surface area contributed by atoms with Gasteiger partial charge in [0.05, 0.1) is 6.04 Å². The lowest BCUT2D eigenvalue weighted by molar-refractivity contribution is -0.139. The van der Waals surface area contributed by atoms with E-state index in [4.69, 9.17) is 5.73 Å². The molecule has 0 aromatic rings. The summed E-state index contributed by atoms with van der Waals surface area (Å²) >= 11 is 0. The lowest BCUT2D eigenvalue weighted by Gasteiger charge is -2.37. The number of carbonyl (C=O) groups is 1. The zero-order chi connectivity index (χ0) is 13.0. The highest BCUT2D eigenvalue weighted by Crippen LogP contribution is 2.19. The standard InChI is InChI=1S/C13H27N3O/c1-10(2)12(15(3)4)13(17)16-7-5-11(9-14)6-8-16/h10-12H,5-9,14H2,1-4H3. The summed E-state index contributed by atoms with van der Waals surface area (Å²) in [5.74, 6) is 1.24. The van der Waals surface area contributed by atoms with Gasteiger partial charge in [-0.1, -0.05) is 13.8 Å². The van der Waals surface area contributed by atoms with Gasteiger partial charge in [-0.2, -0.15) is 0 Å². The molecule has 1 amide bonds. The first-order valence-electron chi connectivity index (χ1n) is 6.62. The summed E-state index contributed by atoms with van der Waals surface area (Å²) in [4.78, 5) is 16.5. The second-order valence-corrected chi connectivity index (χ2v) is 5.66. The Balaban J connectivity index is 2.58. The van der Waals surface area contributed by atoms with Gasteiger partial charge in [-0.25, -0.2) is 0 Å². The zero-order valence-corrected chi connectivity index (χ0v) is 11.6. The second-order valence-electron chi connectivity index (χ2n) is 5.66. The van der Waals surface area contributed by atoms with Crippen molar-refractivity contribution >= 4 is 5.91 Å². The van der Waals surface area contributed by atoms with Crippen LogP contribution in [0.1, 0.15) is 26.7 Å². The number of amides is 1. The van der Waals surface area contributed by atoms with E-state index in [0.717, 1.165) is 32.5 Å². The average Bonchev–Trinajstić information content (AvgIpc) is 2.28. The second kappa shape index (κ2) is 6.36. The minimum Gasteiger partial charge on any atom is -0.341 e. The Labute approximate surface area is 105 Å². The Morgan fingerprint density at radius 1 is 1.35 bits per heavy atom. The number of piperidine rings is 1. The largest absolute Gasteiger partial charge is 0.341 e. The summed E-state index contributed by atoms with van der Waals surface area (Å²) in [5.41, 5.74) is 5.67. The first-order valence-corrected chi connectivity index (χ1v) is 6.62. The average molecular weight is 241 g/mol. The van der Waals surface area contributed by atoms with Gasteiger partial charge >= 0.3 is 0 Å². The van der Waals surface area contributed by atoms with Crippen LogP contribution in [-0.2, 0) is 4.79 Å². The van der Waals surface area contributed by atoms with Gasteiger partial charge in [0.15, 0.2) is 0 Å². The molecule has 1 saturated heterocycles. The van der Waals surface area contributed by atoms with Crippen LogP contribution in [0, 0.1) is 11.8 Å². The van der Waals surface area contributed by atoms with E-state index in [-0.39, 0.29) is 11.9 Å². The molecule has 0 saturated carbocycles. The molecule has 4 nitrogen and oxygen atoms in total. The van der Waals surface area contributed by atoms with E-state index >= 15 is 0 Å². The Bertz CT molecular complexity index is 237. The quantitative estimate of drug-likeness (QED) is 0.791. The van der Waals surface area contributed by atoms with Crippen molar-refractivity contribution in [3.05, 3.63) is 0 Å². The molecule has 0 aromatic carbocycles. The van der Waals surface area contributed by atoms with E-state index in [1.807, 2.05) is 23.9 Å². The van der Waals surface area contributed by atoms with E-state index in [2.05, 4.69) is 13.8 Å². The highest BCUT2D eigenvalue weighted by molar-refractivity contribution is 5.82. The van der Waals surface area contributed by atoms with E-state index in [9.17, 15) is 4.79 Å². The maximum Gasteiger partial charge on any atom is 0.240 e. The third kappa shape index (κ3) is 3.68. The van der Waals surface area contributed by atoms with E-state index in [1.54, 1.807) is 0 Å². The molecule has 0 aliphatic carbocycles. The van der Waals surface area contributed by atoms with Crippen LogP contribution < -0.4 is 5.73 Å². The summed E-state index contributed by atoms with van der Waals surface area (Å²) in [6.07, 6.45) is 2.11. The summed E-state index contributed by atoms with van der Waals surface area (Å²) in [6.45, 7) is 6.71. The molecule has 1 heterocycles. The summed E-state index contributed by atoms with van der Waals surface area (Å²) in [6, 6.07) is 0.00410. The smallest absolute Gasteiger partial charge is 0.240 e. The van der Waals surface area contributed by atoms with Gasteiger partial charge in [-0.3, -0.25) is 9.69 Å². The molecule has 1 fully saturated rings. The van der Waals surface area contributed by atoms with Gasteiger partial charge in [-0.15, -0.1) is 0 Å². The molecular weight excluding hydrogens is 214 g/mol. The predicted octanol–water partition coefficient (Wildman–Crippen LogP) is 0.770. The zero-order valence-electron chi connectivity index (χ0n) is 11.6. The Hall–Kier alpha value is -0.610. The number of hydrogen-bond acceptors (Lipinski definition) is 3. The van der Waals surface area contributed by atoms with Crippen molar-refractivity contribution < 1.29 is 4.79 Å². The molecule has 1 aliphatic heterocycles. The predicted molar refractivity (Wildman–Crippen MR) is 70.7 cm³/mol. The lowest BCUT2D eigenvalue weighted by Crippen LogP contribution is -2.51. The van der Waals surface area contributed by atoms with Gasteiger partial charge in [-0.05, 0) is 45.3 Å². The molecule has 17 heavy (non-hydrogen) atoms. The molecule has 1 unspecified atom stereocenters. The van der Waals surface area contributed by atoms with Gasteiger partial charge in [0.1, 0.15) is 0 Å². The van der Waals surface area contributed by atoms with Crippen LogP contribution >= 0.6 is 0 Å². The number of likely N-dealkylation sites (tertiary alicyclic amines) is 1. The third-order valence-corrected chi connectivity index (χ3v) is 3.70. The van der Waals surface area contributed by atoms with Crippen LogP contribution in [0.15, 0.2) is 0 Å². The number of likely N-dealkylation sites (N-methyl/N-ethyl adjacent to an activating group) is 1. The third-order valence-electron chi connectivity index (χ3n) is 3.70. The van der Waals surface area contributed by atoms with Crippen molar-refractivity contribution in [2.75, 3.05) is 33.7 Å². The molecule has 1 rings (SSSR count). The highest BCUT2D eigenvalue weighted by Gasteiger charge is 2.30. The Morgan fingerprint density at radius 2 is 1.88 bits per heavy atom. The minimum atomic E-state index is 0.00410. The first-order chi connectivity index (χ1) is 7.97. The van der Waals surface area contributed by atoms with E-state index in [1.165, 1.54) is 0 Å². The van der Waals surface area contributed by atoms with E-state index in [0.29, 0.717) is 11.8 Å². The number of nitrogens with two attached hydrogens (primary N) is 1. The van der Waals surface area contributed by atoms with Crippen molar-refractivity contribution in [2.24, 2.45) is 17.6 Å². The van der Waals surface area contributed by atoms with E-state index < -0.39 is 0 Å². The maximum absolute atomic E-state index is 12.4. The maximum atomic E-state index is 12.4. The fraction of sp³-hybridized carbons (Fsp3) is 0.923. The van der Waals surface area contributed by atoms with Crippen molar-refractivity contribution in [1.29, 1.82) is 0 Å². The Kier molecular flexibility index (Phi) is 5.40. The first kappa shape index (κ1) is 14.5. The topological polar surface area (TPSA) is 49.6 Å². The molecule has 1 atom stereocenters. The number of nitrogens with zero attached hydrogens (tertiary/aromatic N) is 2. The molecule has 4 heteroatoms. The molecule has 100 valence electrons. The molecule has 0 spiro atoms. The Morgan fingerprint density at radius 3 is 2.24 bits per heavy atom. The molecule has 2 N–H and O–H groups in total. The fourth-order valence-electron chi connectivity index (χ4n) is 2.68.